The summed E-state index contributed by atoms with van der Waals surface area (Å²) in [6.45, 7) is 2.02. The summed E-state index contributed by atoms with van der Waals surface area (Å²) in [5.74, 6) is 1.02. The second kappa shape index (κ2) is 5.20. The van der Waals surface area contributed by atoms with Crippen LogP contribution in [0.2, 0.25) is 0 Å². The lowest BCUT2D eigenvalue weighted by molar-refractivity contribution is 0.199. The number of hydrogen-bond donors (Lipinski definition) is 1. The quantitative estimate of drug-likeness (QED) is 0.882. The Labute approximate surface area is 122 Å². The van der Waals surface area contributed by atoms with Gasteiger partial charge >= 0.3 is 0 Å². The number of nitrogens with one attached hydrogen (secondary N) is 1. The zero-order chi connectivity index (χ0) is 14.1. The van der Waals surface area contributed by atoms with Crippen LogP contribution < -0.4 is 5.43 Å². The molecule has 0 bridgehead atoms. The molecular formula is C14H16N4OS. The van der Waals surface area contributed by atoms with Crippen molar-refractivity contribution in [1.82, 2.24) is 15.0 Å². The summed E-state index contributed by atoms with van der Waals surface area (Å²) in [5, 5.41) is 5.02. The third kappa shape index (κ3) is 2.16. The minimum atomic E-state index is -0.186. The van der Waals surface area contributed by atoms with Gasteiger partial charge in [0, 0.05) is 18.2 Å². The van der Waals surface area contributed by atoms with Gasteiger partial charge in [0.15, 0.2) is 6.40 Å². The molecule has 0 saturated heterocycles. The lowest BCUT2D eigenvalue weighted by Crippen LogP contribution is -2.10. The Morgan fingerprint density at radius 1 is 1.30 bits per heavy atom. The predicted molar refractivity (Wildman–Crippen MR) is 80.6 cm³/mol. The molecule has 1 aliphatic rings. The molecule has 1 atom stereocenters. The van der Waals surface area contributed by atoms with Gasteiger partial charge in [-0.2, -0.15) is 0 Å². The van der Waals surface area contributed by atoms with Crippen LogP contribution in [0, 0.1) is 6.92 Å². The zero-order valence-electron chi connectivity index (χ0n) is 11.6. The van der Waals surface area contributed by atoms with Gasteiger partial charge in [0.25, 0.3) is 0 Å². The molecule has 2 aromatic rings. The third-order valence-corrected chi connectivity index (χ3v) is 4.24. The summed E-state index contributed by atoms with van der Waals surface area (Å²) >= 11 is 1.71. The van der Waals surface area contributed by atoms with Crippen LogP contribution in [0.3, 0.4) is 0 Å². The summed E-state index contributed by atoms with van der Waals surface area (Å²) in [5.41, 5.74) is 6.08. The maximum absolute atomic E-state index is 5.33. The van der Waals surface area contributed by atoms with Crippen molar-refractivity contribution in [3.63, 3.8) is 0 Å². The van der Waals surface area contributed by atoms with Crippen LogP contribution in [0.25, 0.3) is 11.3 Å². The Morgan fingerprint density at radius 3 is 2.65 bits per heavy atom. The van der Waals surface area contributed by atoms with E-state index in [2.05, 4.69) is 38.5 Å². The smallest absolute Gasteiger partial charge is 0.212 e. The van der Waals surface area contributed by atoms with Gasteiger partial charge in [-0.25, -0.2) is 4.98 Å². The first kappa shape index (κ1) is 13.1. The van der Waals surface area contributed by atoms with Gasteiger partial charge in [-0.15, -0.1) is 16.9 Å². The summed E-state index contributed by atoms with van der Waals surface area (Å²) < 4.78 is 7.44. The SMILES string of the molecule is CSc1c(-c2ccc(C3NN=CO3)cc2)nc(C)n1C. The van der Waals surface area contributed by atoms with Crippen molar-refractivity contribution >= 4 is 18.2 Å². The van der Waals surface area contributed by atoms with Gasteiger partial charge in [-0.1, -0.05) is 24.3 Å². The molecule has 20 heavy (non-hydrogen) atoms. The summed E-state index contributed by atoms with van der Waals surface area (Å²) in [7, 11) is 2.04. The highest BCUT2D eigenvalue weighted by atomic mass is 32.2. The fourth-order valence-corrected chi connectivity index (χ4v) is 2.96. The van der Waals surface area contributed by atoms with Gasteiger partial charge in [0.05, 0.1) is 0 Å². The van der Waals surface area contributed by atoms with Crippen molar-refractivity contribution in [2.45, 2.75) is 18.2 Å². The number of aromatic nitrogens is 2. The number of nitrogens with zero attached hydrogens (tertiary/aromatic N) is 3. The molecule has 1 unspecified atom stereocenters. The number of aryl methyl sites for hydroxylation is 1. The Hall–Kier alpha value is -1.95. The van der Waals surface area contributed by atoms with E-state index in [4.69, 9.17) is 4.74 Å². The van der Waals surface area contributed by atoms with E-state index in [1.54, 1.807) is 11.8 Å². The topological polar surface area (TPSA) is 51.4 Å². The molecule has 0 amide bonds. The number of benzene rings is 1. The molecule has 1 aromatic carbocycles. The maximum Gasteiger partial charge on any atom is 0.212 e. The largest absolute Gasteiger partial charge is 0.453 e. The van der Waals surface area contributed by atoms with Crippen LogP contribution >= 0.6 is 11.8 Å². The second-order valence-electron chi connectivity index (χ2n) is 4.58. The highest BCUT2D eigenvalue weighted by molar-refractivity contribution is 7.98. The second-order valence-corrected chi connectivity index (χ2v) is 5.37. The summed E-state index contributed by atoms with van der Waals surface area (Å²) in [6.07, 6.45) is 3.31. The molecule has 2 heterocycles. The molecular weight excluding hydrogens is 272 g/mol. The zero-order valence-corrected chi connectivity index (χ0v) is 12.4. The fourth-order valence-electron chi connectivity index (χ4n) is 2.20. The van der Waals surface area contributed by atoms with E-state index < -0.39 is 0 Å². The average Bonchev–Trinajstić information content (AvgIpc) is 3.09. The van der Waals surface area contributed by atoms with E-state index in [0.717, 1.165) is 22.6 Å². The molecule has 0 aliphatic carbocycles. The summed E-state index contributed by atoms with van der Waals surface area (Å²) in [6, 6.07) is 8.21. The Bertz CT molecular complexity index is 640. The molecule has 104 valence electrons. The number of rotatable bonds is 3. The average molecular weight is 288 g/mol. The molecule has 1 aromatic heterocycles. The van der Waals surface area contributed by atoms with E-state index in [1.165, 1.54) is 11.4 Å². The first-order valence-corrected chi connectivity index (χ1v) is 7.53. The van der Waals surface area contributed by atoms with Crippen LogP contribution in [0.15, 0.2) is 34.4 Å². The highest BCUT2D eigenvalue weighted by Crippen LogP contribution is 2.31. The van der Waals surface area contributed by atoms with Crippen molar-refractivity contribution in [2.24, 2.45) is 12.1 Å². The molecule has 6 heteroatoms. The monoisotopic (exact) mass is 288 g/mol. The van der Waals surface area contributed by atoms with Crippen LogP contribution in [-0.4, -0.2) is 22.2 Å². The molecule has 0 spiro atoms. The molecule has 0 radical (unpaired) electrons. The molecule has 3 rings (SSSR count). The van der Waals surface area contributed by atoms with Crippen molar-refractivity contribution in [3.8, 4) is 11.3 Å². The minimum Gasteiger partial charge on any atom is -0.453 e. The van der Waals surface area contributed by atoms with Crippen LogP contribution in [0.5, 0.6) is 0 Å². The highest BCUT2D eigenvalue weighted by Gasteiger charge is 2.16. The standard InChI is InChI=1S/C14H16N4OS/c1-9-16-12(14(20-3)18(9)2)10-4-6-11(7-5-10)13-17-15-8-19-13/h4-8,13,17H,1-3H3. The third-order valence-electron chi connectivity index (χ3n) is 3.39. The number of imidazole rings is 1. The van der Waals surface area contributed by atoms with E-state index in [-0.39, 0.29) is 6.23 Å². The van der Waals surface area contributed by atoms with Gasteiger partial charge in [0.1, 0.15) is 16.5 Å². The molecule has 5 nitrogen and oxygen atoms in total. The normalized spacial score (nSPS) is 17.1. The Morgan fingerprint density at radius 2 is 2.05 bits per heavy atom. The Balaban J connectivity index is 1.93. The first-order valence-electron chi connectivity index (χ1n) is 6.31. The minimum absolute atomic E-state index is 0.186. The van der Waals surface area contributed by atoms with E-state index in [9.17, 15) is 0 Å². The number of hydrazone groups is 1. The first-order chi connectivity index (χ1) is 9.70. The fraction of sp³-hybridized carbons (Fsp3) is 0.286. The molecule has 1 N–H and O–H groups in total. The lowest BCUT2D eigenvalue weighted by Gasteiger charge is -2.10. The van der Waals surface area contributed by atoms with E-state index in [1.807, 2.05) is 26.1 Å². The number of thioether (sulfide) groups is 1. The molecule has 0 saturated carbocycles. The van der Waals surface area contributed by atoms with Gasteiger partial charge in [0.2, 0.25) is 6.23 Å². The lowest BCUT2D eigenvalue weighted by atomic mass is 10.1. The van der Waals surface area contributed by atoms with Crippen LogP contribution in [-0.2, 0) is 11.8 Å². The van der Waals surface area contributed by atoms with Gasteiger partial charge in [-0.05, 0) is 13.2 Å². The maximum atomic E-state index is 5.33. The molecule has 1 aliphatic heterocycles. The Kier molecular flexibility index (Phi) is 3.40. The van der Waals surface area contributed by atoms with Crippen LogP contribution in [0.1, 0.15) is 17.6 Å². The van der Waals surface area contributed by atoms with Crippen molar-refractivity contribution < 1.29 is 4.74 Å². The molecule has 0 fully saturated rings. The predicted octanol–water partition coefficient (Wildman–Crippen LogP) is 2.68. The van der Waals surface area contributed by atoms with Gasteiger partial charge < -0.3 is 9.30 Å². The van der Waals surface area contributed by atoms with Crippen LogP contribution in [0.4, 0.5) is 0 Å². The van der Waals surface area contributed by atoms with Gasteiger partial charge in [-0.3, -0.25) is 5.43 Å². The van der Waals surface area contributed by atoms with Crippen molar-refractivity contribution in [3.05, 3.63) is 35.7 Å². The van der Waals surface area contributed by atoms with Crippen molar-refractivity contribution in [2.75, 3.05) is 6.26 Å². The summed E-state index contributed by atoms with van der Waals surface area (Å²) in [4.78, 5) is 4.65. The van der Waals surface area contributed by atoms with E-state index in [0.29, 0.717) is 0 Å². The number of ether oxygens (including phenoxy) is 1. The number of hydrogen-bond acceptors (Lipinski definition) is 5. The van der Waals surface area contributed by atoms with E-state index >= 15 is 0 Å². The van der Waals surface area contributed by atoms with Crippen molar-refractivity contribution in [1.29, 1.82) is 0 Å².